The molecular weight excluding hydrogens is 312 g/mol. The minimum absolute atomic E-state index is 0.564. The van der Waals surface area contributed by atoms with Crippen molar-refractivity contribution < 1.29 is 4.74 Å². The van der Waals surface area contributed by atoms with E-state index in [1.165, 1.54) is 18.4 Å². The highest BCUT2D eigenvalue weighted by atomic mass is 16.5. The maximum atomic E-state index is 5.07. The van der Waals surface area contributed by atoms with Gasteiger partial charge in [-0.1, -0.05) is 30.3 Å². The van der Waals surface area contributed by atoms with Gasteiger partial charge in [0, 0.05) is 37.8 Å². The molecule has 1 fully saturated rings. The lowest BCUT2D eigenvalue weighted by Crippen LogP contribution is -2.47. The summed E-state index contributed by atoms with van der Waals surface area (Å²) in [5.41, 5.74) is 2.39. The first-order chi connectivity index (χ1) is 12.2. The fraction of sp³-hybridized carbons (Fsp3) is 0.500. The summed E-state index contributed by atoms with van der Waals surface area (Å²) in [6.45, 7) is 5.35. The van der Waals surface area contributed by atoms with Gasteiger partial charge in [0.1, 0.15) is 0 Å². The number of rotatable bonds is 6. The summed E-state index contributed by atoms with van der Waals surface area (Å²) < 4.78 is 5.07. The van der Waals surface area contributed by atoms with Crippen LogP contribution in [-0.4, -0.2) is 52.8 Å². The van der Waals surface area contributed by atoms with Crippen LogP contribution in [0.3, 0.4) is 0 Å². The number of hydrogen-bond donors (Lipinski definition) is 0. The van der Waals surface area contributed by atoms with Crippen molar-refractivity contribution in [3.63, 3.8) is 0 Å². The number of aromatic nitrogens is 2. The molecule has 0 amide bonds. The van der Waals surface area contributed by atoms with Crippen LogP contribution in [0.25, 0.3) is 0 Å². The average Bonchev–Trinajstić information content (AvgIpc) is 2.65. The van der Waals surface area contributed by atoms with Crippen molar-refractivity contribution in [3.8, 4) is 5.88 Å². The van der Waals surface area contributed by atoms with E-state index in [1.807, 2.05) is 12.1 Å². The molecule has 0 N–H and O–H groups in total. The van der Waals surface area contributed by atoms with Gasteiger partial charge >= 0.3 is 0 Å². The van der Waals surface area contributed by atoms with Crippen LogP contribution in [0.15, 0.2) is 42.5 Å². The molecule has 2 atom stereocenters. The maximum absolute atomic E-state index is 5.07. The molecule has 0 radical (unpaired) electrons. The zero-order chi connectivity index (χ0) is 17.6. The number of methoxy groups -OCH3 is 1. The number of hydrogen-bond acceptors (Lipinski definition) is 5. The van der Waals surface area contributed by atoms with Crippen molar-refractivity contribution >= 4 is 0 Å². The Balaban J connectivity index is 1.52. The molecule has 2 heterocycles. The van der Waals surface area contributed by atoms with E-state index in [2.05, 4.69) is 64.3 Å². The Hall–Kier alpha value is -1.98. The second-order valence-electron chi connectivity index (χ2n) is 6.97. The quantitative estimate of drug-likeness (QED) is 0.809. The normalized spacial score (nSPS) is 21.4. The van der Waals surface area contributed by atoms with Gasteiger partial charge in [-0.3, -0.25) is 9.80 Å². The second-order valence-corrected chi connectivity index (χ2v) is 6.97. The van der Waals surface area contributed by atoms with Gasteiger partial charge in [-0.2, -0.15) is 5.10 Å². The molecule has 1 aliphatic heterocycles. The predicted molar refractivity (Wildman–Crippen MR) is 99.4 cm³/mol. The van der Waals surface area contributed by atoms with Gasteiger partial charge in [0.2, 0.25) is 5.88 Å². The first kappa shape index (κ1) is 17.8. The van der Waals surface area contributed by atoms with Crippen molar-refractivity contribution in [2.45, 2.75) is 44.9 Å². The van der Waals surface area contributed by atoms with Crippen molar-refractivity contribution in [3.05, 3.63) is 53.7 Å². The van der Waals surface area contributed by atoms with E-state index >= 15 is 0 Å². The second kappa shape index (κ2) is 8.41. The number of piperidine rings is 1. The lowest BCUT2D eigenvalue weighted by molar-refractivity contribution is 0.0765. The summed E-state index contributed by atoms with van der Waals surface area (Å²) in [6.07, 6.45) is 2.38. The van der Waals surface area contributed by atoms with Gasteiger partial charge in [0.25, 0.3) is 0 Å². The first-order valence-corrected chi connectivity index (χ1v) is 9.00. The molecular formula is C20H28N4O. The lowest BCUT2D eigenvalue weighted by Gasteiger charge is -2.41. The van der Waals surface area contributed by atoms with Crippen LogP contribution in [0.1, 0.15) is 31.0 Å². The standard InChI is InChI=1S/C20H28N4O/c1-16-13-19(11-12-24(16)14-17-7-5-4-6-8-17)23(2)15-18-9-10-20(25-3)22-21-18/h4-10,16,19H,11-15H2,1-3H3/t16-,19+/m1/s1. The summed E-state index contributed by atoms with van der Waals surface area (Å²) in [6, 6.07) is 15.8. The molecule has 134 valence electrons. The van der Waals surface area contributed by atoms with Gasteiger partial charge in [0.15, 0.2) is 0 Å². The van der Waals surface area contributed by atoms with E-state index in [9.17, 15) is 0 Å². The largest absolute Gasteiger partial charge is 0.480 e. The van der Waals surface area contributed by atoms with E-state index in [0.717, 1.165) is 25.3 Å². The summed E-state index contributed by atoms with van der Waals surface area (Å²) >= 11 is 0. The summed E-state index contributed by atoms with van der Waals surface area (Å²) in [5, 5.41) is 8.31. The van der Waals surface area contributed by atoms with Gasteiger partial charge in [-0.15, -0.1) is 5.10 Å². The number of likely N-dealkylation sites (tertiary alicyclic amines) is 1. The molecule has 1 saturated heterocycles. The molecule has 5 heteroatoms. The summed E-state index contributed by atoms with van der Waals surface area (Å²) in [7, 11) is 3.80. The van der Waals surface area contributed by atoms with Crippen LogP contribution in [0.4, 0.5) is 0 Å². The Bertz CT molecular complexity index is 647. The number of ether oxygens (including phenoxy) is 1. The topological polar surface area (TPSA) is 41.5 Å². The summed E-state index contributed by atoms with van der Waals surface area (Å²) in [5.74, 6) is 0.564. The average molecular weight is 340 g/mol. The Morgan fingerprint density at radius 3 is 2.60 bits per heavy atom. The van der Waals surface area contributed by atoms with Gasteiger partial charge in [-0.25, -0.2) is 0 Å². The van der Waals surface area contributed by atoms with Crippen LogP contribution in [0.5, 0.6) is 5.88 Å². The van der Waals surface area contributed by atoms with E-state index in [4.69, 9.17) is 4.74 Å². The molecule has 1 aromatic heterocycles. The Morgan fingerprint density at radius 1 is 1.16 bits per heavy atom. The van der Waals surface area contributed by atoms with Gasteiger partial charge in [0.05, 0.1) is 12.8 Å². The van der Waals surface area contributed by atoms with Crippen molar-refractivity contribution in [1.29, 1.82) is 0 Å². The summed E-state index contributed by atoms with van der Waals surface area (Å²) in [4.78, 5) is 5.00. The lowest BCUT2D eigenvalue weighted by atomic mass is 9.96. The third-order valence-electron chi connectivity index (χ3n) is 5.15. The molecule has 0 spiro atoms. The highest BCUT2D eigenvalue weighted by Crippen LogP contribution is 2.23. The highest BCUT2D eigenvalue weighted by Gasteiger charge is 2.27. The van der Waals surface area contributed by atoms with Gasteiger partial charge in [-0.05, 0) is 38.4 Å². The minimum atomic E-state index is 0.564. The molecule has 3 rings (SSSR count). The molecule has 25 heavy (non-hydrogen) atoms. The Morgan fingerprint density at radius 2 is 1.96 bits per heavy atom. The van der Waals surface area contributed by atoms with E-state index in [0.29, 0.717) is 18.0 Å². The molecule has 5 nitrogen and oxygen atoms in total. The van der Waals surface area contributed by atoms with Crippen LogP contribution in [0, 0.1) is 0 Å². The van der Waals surface area contributed by atoms with E-state index < -0.39 is 0 Å². The minimum Gasteiger partial charge on any atom is -0.480 e. The highest BCUT2D eigenvalue weighted by molar-refractivity contribution is 5.15. The number of nitrogens with zero attached hydrogens (tertiary/aromatic N) is 4. The van der Waals surface area contributed by atoms with Crippen molar-refractivity contribution in [2.24, 2.45) is 0 Å². The molecule has 0 aliphatic carbocycles. The van der Waals surface area contributed by atoms with Gasteiger partial charge < -0.3 is 4.74 Å². The molecule has 1 aliphatic rings. The zero-order valence-corrected chi connectivity index (χ0v) is 15.4. The van der Waals surface area contributed by atoms with Crippen molar-refractivity contribution in [2.75, 3.05) is 20.7 Å². The third kappa shape index (κ3) is 4.77. The SMILES string of the molecule is COc1ccc(CN(C)[C@H]2CCN(Cc3ccccc3)[C@H](C)C2)nn1. The monoisotopic (exact) mass is 340 g/mol. The molecule has 0 bridgehead atoms. The Kier molecular flexibility index (Phi) is 6.00. The number of benzene rings is 1. The Labute approximate surface area is 150 Å². The third-order valence-corrected chi connectivity index (χ3v) is 5.15. The van der Waals surface area contributed by atoms with Crippen LogP contribution < -0.4 is 4.74 Å². The maximum Gasteiger partial charge on any atom is 0.233 e. The zero-order valence-electron chi connectivity index (χ0n) is 15.4. The molecule has 0 saturated carbocycles. The molecule has 0 unspecified atom stereocenters. The van der Waals surface area contributed by atoms with Crippen molar-refractivity contribution in [1.82, 2.24) is 20.0 Å². The molecule has 1 aromatic carbocycles. The van der Waals surface area contributed by atoms with Crippen LogP contribution in [0.2, 0.25) is 0 Å². The van der Waals surface area contributed by atoms with E-state index in [1.54, 1.807) is 7.11 Å². The fourth-order valence-corrected chi connectivity index (χ4v) is 3.57. The van der Waals surface area contributed by atoms with Crippen LogP contribution >= 0.6 is 0 Å². The predicted octanol–water partition coefficient (Wildman–Crippen LogP) is 2.97. The van der Waals surface area contributed by atoms with Crippen LogP contribution in [-0.2, 0) is 13.1 Å². The van der Waals surface area contributed by atoms with E-state index in [-0.39, 0.29) is 0 Å². The molecule has 2 aromatic rings. The first-order valence-electron chi connectivity index (χ1n) is 9.00. The smallest absolute Gasteiger partial charge is 0.233 e. The fourth-order valence-electron chi connectivity index (χ4n) is 3.57.